The number of aliphatic hydroxyl groups excluding tert-OH is 1. The highest BCUT2D eigenvalue weighted by molar-refractivity contribution is 7.99. The molecule has 0 bridgehead atoms. The number of aromatic nitrogens is 3. The normalized spacial score (nSPS) is 16.2. The molecule has 7 nitrogen and oxygen atoms in total. The highest BCUT2D eigenvalue weighted by atomic mass is 32.2. The number of aliphatic hydroxyl groups is 1. The molecule has 1 atom stereocenters. The van der Waals surface area contributed by atoms with Gasteiger partial charge in [-0.15, -0.1) is 11.8 Å². The van der Waals surface area contributed by atoms with Gasteiger partial charge >= 0.3 is 0 Å². The van der Waals surface area contributed by atoms with E-state index >= 15 is 0 Å². The fraction of sp³-hybridized carbons (Fsp3) is 0.550. The van der Waals surface area contributed by atoms with E-state index in [2.05, 4.69) is 32.8 Å². The van der Waals surface area contributed by atoms with Crippen LogP contribution in [0.5, 0.6) is 0 Å². The Labute approximate surface area is 180 Å². The summed E-state index contributed by atoms with van der Waals surface area (Å²) >= 11 is 3.45. The van der Waals surface area contributed by atoms with Crippen molar-refractivity contribution in [1.82, 2.24) is 24.8 Å². The van der Waals surface area contributed by atoms with Crippen LogP contribution in [0, 0.1) is 6.92 Å². The maximum absolute atomic E-state index is 11.4. The Kier molecular flexibility index (Phi) is 8.40. The van der Waals surface area contributed by atoms with Gasteiger partial charge in [0.25, 0.3) is 0 Å². The predicted octanol–water partition coefficient (Wildman–Crippen LogP) is 2.59. The lowest BCUT2D eigenvalue weighted by Crippen LogP contribution is -2.48. The molecule has 1 unspecified atom stereocenters. The van der Waals surface area contributed by atoms with Gasteiger partial charge in [0.15, 0.2) is 5.16 Å². The number of imidazole rings is 1. The zero-order valence-corrected chi connectivity index (χ0v) is 18.6. The minimum atomic E-state index is 0.0614. The lowest BCUT2D eigenvalue weighted by Gasteiger charge is -2.34. The first kappa shape index (κ1) is 22.1. The van der Waals surface area contributed by atoms with E-state index in [1.807, 2.05) is 22.9 Å². The molecule has 0 aromatic carbocycles. The maximum Gasteiger partial charge on any atom is 0.219 e. The van der Waals surface area contributed by atoms with Crippen molar-refractivity contribution in [3.63, 3.8) is 0 Å². The molecule has 3 heterocycles. The van der Waals surface area contributed by atoms with Crippen molar-refractivity contribution in [2.45, 2.75) is 35.6 Å². The Bertz CT molecular complexity index is 779. The van der Waals surface area contributed by atoms with Crippen LogP contribution < -0.4 is 0 Å². The minimum absolute atomic E-state index is 0.0614. The van der Waals surface area contributed by atoms with Gasteiger partial charge in [-0.3, -0.25) is 14.7 Å². The van der Waals surface area contributed by atoms with E-state index in [0.717, 1.165) is 49.3 Å². The first-order chi connectivity index (χ1) is 14.1. The summed E-state index contributed by atoms with van der Waals surface area (Å²) in [4.78, 5) is 29.1. The summed E-state index contributed by atoms with van der Waals surface area (Å²) in [5, 5.41) is 10.4. The number of amides is 1. The Balaban J connectivity index is 1.57. The number of piperazine rings is 1. The van der Waals surface area contributed by atoms with Crippen molar-refractivity contribution < 1.29 is 9.90 Å². The average Bonchev–Trinajstić information content (AvgIpc) is 3.22. The second kappa shape index (κ2) is 11.0. The summed E-state index contributed by atoms with van der Waals surface area (Å²) in [6.45, 7) is 8.42. The number of carbonyl (C=O) groups excluding carboxylic acids is 1. The maximum atomic E-state index is 11.4. The molecule has 2 N–H and O–H groups in total. The molecule has 29 heavy (non-hydrogen) atoms. The van der Waals surface area contributed by atoms with E-state index in [9.17, 15) is 9.90 Å². The molecule has 1 amide bonds. The summed E-state index contributed by atoms with van der Waals surface area (Å²) in [5.74, 6) is 1.17. The molecule has 2 aromatic heterocycles. The molecule has 0 aliphatic carbocycles. The summed E-state index contributed by atoms with van der Waals surface area (Å²) in [5.41, 5.74) is 2.19. The van der Waals surface area contributed by atoms with Crippen LogP contribution in [0.15, 0.2) is 34.7 Å². The molecule has 158 valence electrons. The molecule has 1 saturated heterocycles. The van der Waals surface area contributed by atoms with Gasteiger partial charge in [0.1, 0.15) is 0 Å². The number of pyridine rings is 1. The van der Waals surface area contributed by atoms with Crippen molar-refractivity contribution >= 4 is 29.4 Å². The smallest absolute Gasteiger partial charge is 0.219 e. The van der Waals surface area contributed by atoms with E-state index in [1.165, 1.54) is 10.5 Å². The zero-order valence-electron chi connectivity index (χ0n) is 17.0. The number of hydrogen-bond donors (Lipinski definition) is 2. The van der Waals surface area contributed by atoms with Gasteiger partial charge in [-0.1, -0.05) is 11.8 Å². The molecule has 3 rings (SSSR count). The summed E-state index contributed by atoms with van der Waals surface area (Å²) < 4.78 is 0. The fourth-order valence-corrected chi connectivity index (χ4v) is 5.55. The van der Waals surface area contributed by atoms with Gasteiger partial charge < -0.3 is 15.0 Å². The monoisotopic (exact) mass is 435 g/mol. The number of nitrogens with one attached hydrogen (secondary N) is 1. The van der Waals surface area contributed by atoms with Crippen molar-refractivity contribution in [2.75, 3.05) is 45.1 Å². The van der Waals surface area contributed by atoms with Crippen molar-refractivity contribution in [2.24, 2.45) is 0 Å². The Hall–Kier alpha value is -1.55. The van der Waals surface area contributed by atoms with E-state index in [0.29, 0.717) is 6.42 Å². The van der Waals surface area contributed by atoms with Crippen molar-refractivity contribution in [3.05, 3.63) is 35.9 Å². The van der Waals surface area contributed by atoms with Crippen LogP contribution in [0.3, 0.4) is 0 Å². The van der Waals surface area contributed by atoms with Crippen LogP contribution in [0.2, 0.25) is 0 Å². The number of H-pyrrole nitrogens is 1. The van der Waals surface area contributed by atoms with Crippen LogP contribution in [-0.4, -0.2) is 80.8 Å². The average molecular weight is 436 g/mol. The molecule has 1 fully saturated rings. The lowest BCUT2D eigenvalue weighted by atomic mass is 10.1. The standard InChI is InChI=1S/C20H29N5O2S2/c1-15-17(28-14-12-24-8-10-25(11-9-24)16(2)27)3-5-21-19(15)18(4-13-26)29-20-22-6-7-23-20/h3,5-7,18,26H,4,8-14H2,1-2H3,(H,22,23). The first-order valence-corrected chi connectivity index (χ1v) is 11.8. The molecule has 9 heteroatoms. The van der Waals surface area contributed by atoms with Crippen molar-refractivity contribution in [3.8, 4) is 0 Å². The summed E-state index contributed by atoms with van der Waals surface area (Å²) in [6, 6.07) is 2.07. The molecule has 0 radical (unpaired) electrons. The zero-order chi connectivity index (χ0) is 20.6. The highest BCUT2D eigenvalue weighted by Crippen LogP contribution is 2.38. The first-order valence-electron chi connectivity index (χ1n) is 9.91. The van der Waals surface area contributed by atoms with Gasteiger partial charge in [-0.25, -0.2) is 4.98 Å². The number of hydrogen-bond acceptors (Lipinski definition) is 7. The van der Waals surface area contributed by atoms with E-state index in [-0.39, 0.29) is 17.8 Å². The molecular weight excluding hydrogens is 406 g/mol. The third kappa shape index (κ3) is 6.21. The third-order valence-electron chi connectivity index (χ3n) is 5.10. The summed E-state index contributed by atoms with van der Waals surface area (Å²) in [6.07, 6.45) is 6.04. The van der Waals surface area contributed by atoms with Crippen LogP contribution in [0.1, 0.15) is 29.9 Å². The molecular formula is C20H29N5O2S2. The Morgan fingerprint density at radius 3 is 2.72 bits per heavy atom. The Morgan fingerprint density at radius 1 is 1.28 bits per heavy atom. The number of thioether (sulfide) groups is 2. The molecule has 0 saturated carbocycles. The van der Waals surface area contributed by atoms with Gasteiger partial charge in [0, 0.05) is 75.5 Å². The Morgan fingerprint density at radius 2 is 2.07 bits per heavy atom. The van der Waals surface area contributed by atoms with Crippen LogP contribution >= 0.6 is 23.5 Å². The lowest BCUT2D eigenvalue weighted by molar-refractivity contribution is -0.130. The minimum Gasteiger partial charge on any atom is -0.396 e. The second-order valence-electron chi connectivity index (χ2n) is 7.03. The van der Waals surface area contributed by atoms with Crippen LogP contribution in [0.25, 0.3) is 0 Å². The second-order valence-corrected chi connectivity index (χ2v) is 9.36. The number of rotatable bonds is 9. The van der Waals surface area contributed by atoms with Gasteiger partial charge in [-0.2, -0.15) is 0 Å². The molecule has 1 aliphatic heterocycles. The molecule has 1 aliphatic rings. The SMILES string of the molecule is CC(=O)N1CCN(CCSc2ccnc(C(CCO)Sc3ncc[nH]3)c2C)CC1. The topological polar surface area (TPSA) is 85.3 Å². The van der Waals surface area contributed by atoms with E-state index < -0.39 is 0 Å². The third-order valence-corrected chi connectivity index (χ3v) is 7.43. The fourth-order valence-electron chi connectivity index (χ4n) is 3.40. The van der Waals surface area contributed by atoms with Gasteiger partial charge in [0.05, 0.1) is 10.9 Å². The van der Waals surface area contributed by atoms with Gasteiger partial charge in [-0.05, 0) is 25.0 Å². The number of carbonyl (C=O) groups is 1. The van der Waals surface area contributed by atoms with E-state index in [4.69, 9.17) is 0 Å². The van der Waals surface area contributed by atoms with Crippen molar-refractivity contribution in [1.29, 1.82) is 0 Å². The van der Waals surface area contributed by atoms with E-state index in [1.54, 1.807) is 31.1 Å². The van der Waals surface area contributed by atoms with Crippen LogP contribution in [-0.2, 0) is 4.79 Å². The molecule has 0 spiro atoms. The number of nitrogens with zero attached hydrogens (tertiary/aromatic N) is 4. The quantitative estimate of drug-likeness (QED) is 0.586. The van der Waals surface area contributed by atoms with Gasteiger partial charge in [0.2, 0.25) is 5.91 Å². The predicted molar refractivity (Wildman–Crippen MR) is 117 cm³/mol. The van der Waals surface area contributed by atoms with Crippen LogP contribution in [0.4, 0.5) is 0 Å². The number of aromatic amines is 1. The summed E-state index contributed by atoms with van der Waals surface area (Å²) in [7, 11) is 0. The largest absolute Gasteiger partial charge is 0.396 e. The molecule has 2 aromatic rings. The highest BCUT2D eigenvalue weighted by Gasteiger charge is 2.21.